The molecule has 12 rings (SSSR count). The van der Waals surface area contributed by atoms with E-state index in [0.717, 1.165) is 39.0 Å². The molecule has 10 aromatic rings. The summed E-state index contributed by atoms with van der Waals surface area (Å²) >= 11 is 0. The monoisotopic (exact) mass is 823 g/mol. The second-order valence-corrected chi connectivity index (χ2v) is 19.3. The molecular weight excluding hydrogens is 775 g/mol. The lowest BCUT2D eigenvalue weighted by Crippen LogP contribution is -2.28. The highest BCUT2D eigenvalue weighted by Crippen LogP contribution is 2.58. The van der Waals surface area contributed by atoms with Crippen LogP contribution < -0.4 is 4.90 Å². The van der Waals surface area contributed by atoms with Gasteiger partial charge in [-0.05, 0) is 132 Å². The minimum atomic E-state index is -0.529. The third-order valence-corrected chi connectivity index (χ3v) is 14.3. The molecule has 0 aliphatic heterocycles. The molecule has 0 saturated heterocycles. The Labute approximate surface area is 376 Å². The fraction of sp³-hybridized carbons (Fsp3) is 0.129. The lowest BCUT2D eigenvalue weighted by Gasteiger charge is -2.35. The molecule has 0 spiro atoms. The normalized spacial score (nSPS) is 14.3. The fourth-order valence-corrected chi connectivity index (χ4v) is 11.1. The standard InChI is InChI=1S/C62H49NO/c1-60(2,3)44-26-34-58-53(36-44)50-31-28-47(39-59(50)64-58)63(45-29-33-55-52(37-45)51-35-41(40-17-9-6-10-18-40)25-32-54(51)61(55,4)5)46-27-30-49-48-23-15-16-24-56(48)62(57(49)38-46,42-19-11-7-12-20-42)43-21-13-8-14-22-43/h6-39H,1-5H3. The number of hydrogen-bond acceptors (Lipinski definition) is 2. The van der Waals surface area contributed by atoms with E-state index >= 15 is 0 Å². The topological polar surface area (TPSA) is 16.4 Å². The SMILES string of the molecule is CC(C)(C)c1ccc2oc3cc(N(c4ccc5c(c4)-c4cc(-c6ccccc6)ccc4C5(C)C)c4ccc5c(c4)C(c4ccccc4)(c4ccccc4)c4ccccc4-5)ccc3c2c1. The van der Waals surface area contributed by atoms with Gasteiger partial charge in [0, 0.05) is 39.3 Å². The maximum absolute atomic E-state index is 6.72. The minimum Gasteiger partial charge on any atom is -0.456 e. The largest absolute Gasteiger partial charge is 0.456 e. The molecule has 9 aromatic carbocycles. The molecule has 2 aliphatic rings. The van der Waals surface area contributed by atoms with Gasteiger partial charge in [-0.3, -0.25) is 0 Å². The Morgan fingerprint density at radius 2 is 0.969 bits per heavy atom. The van der Waals surface area contributed by atoms with Gasteiger partial charge in [0.15, 0.2) is 0 Å². The summed E-state index contributed by atoms with van der Waals surface area (Å²) in [7, 11) is 0. The highest BCUT2D eigenvalue weighted by atomic mass is 16.3. The second kappa shape index (κ2) is 14.0. The van der Waals surface area contributed by atoms with E-state index in [1.54, 1.807) is 0 Å². The fourth-order valence-electron chi connectivity index (χ4n) is 11.1. The zero-order valence-electron chi connectivity index (χ0n) is 37.0. The summed E-state index contributed by atoms with van der Waals surface area (Å²) in [4.78, 5) is 2.45. The van der Waals surface area contributed by atoms with Crippen LogP contribution in [0.4, 0.5) is 17.1 Å². The molecule has 2 heteroatoms. The maximum atomic E-state index is 6.72. The van der Waals surface area contributed by atoms with Gasteiger partial charge in [0.2, 0.25) is 0 Å². The average molecular weight is 824 g/mol. The van der Waals surface area contributed by atoms with Gasteiger partial charge in [-0.15, -0.1) is 0 Å². The van der Waals surface area contributed by atoms with E-state index in [4.69, 9.17) is 4.42 Å². The van der Waals surface area contributed by atoms with Crippen molar-refractivity contribution in [2.24, 2.45) is 0 Å². The number of fused-ring (bicyclic) bond motifs is 9. The third kappa shape index (κ3) is 5.65. The van der Waals surface area contributed by atoms with Gasteiger partial charge < -0.3 is 9.32 Å². The number of benzene rings is 9. The van der Waals surface area contributed by atoms with Gasteiger partial charge in [-0.1, -0.05) is 180 Å². The number of furan rings is 1. The molecule has 2 aliphatic carbocycles. The second-order valence-electron chi connectivity index (χ2n) is 19.3. The molecule has 64 heavy (non-hydrogen) atoms. The molecule has 0 radical (unpaired) electrons. The van der Waals surface area contributed by atoms with Crippen LogP contribution in [-0.2, 0) is 16.2 Å². The lowest BCUT2D eigenvalue weighted by atomic mass is 9.67. The zero-order chi connectivity index (χ0) is 43.4. The predicted octanol–water partition coefficient (Wildman–Crippen LogP) is 16.7. The molecule has 0 unspecified atom stereocenters. The maximum Gasteiger partial charge on any atom is 0.137 e. The van der Waals surface area contributed by atoms with Crippen molar-refractivity contribution in [3.05, 3.63) is 245 Å². The van der Waals surface area contributed by atoms with Gasteiger partial charge in [-0.2, -0.15) is 0 Å². The lowest BCUT2D eigenvalue weighted by molar-refractivity contribution is 0.590. The van der Waals surface area contributed by atoms with E-state index in [0.29, 0.717) is 0 Å². The molecule has 1 heterocycles. The van der Waals surface area contributed by atoms with Crippen LogP contribution in [0, 0.1) is 0 Å². The smallest absolute Gasteiger partial charge is 0.137 e. The molecule has 0 saturated carbocycles. The van der Waals surface area contributed by atoms with Gasteiger partial charge >= 0.3 is 0 Å². The van der Waals surface area contributed by atoms with Gasteiger partial charge in [0.1, 0.15) is 11.2 Å². The summed E-state index contributed by atoms with van der Waals surface area (Å²) < 4.78 is 6.72. The van der Waals surface area contributed by atoms with Gasteiger partial charge in [0.25, 0.3) is 0 Å². The van der Waals surface area contributed by atoms with Crippen molar-refractivity contribution in [3.63, 3.8) is 0 Å². The number of hydrogen-bond donors (Lipinski definition) is 0. The van der Waals surface area contributed by atoms with Crippen molar-refractivity contribution in [3.8, 4) is 33.4 Å². The number of rotatable bonds is 6. The van der Waals surface area contributed by atoms with Crippen LogP contribution >= 0.6 is 0 Å². The van der Waals surface area contributed by atoms with Gasteiger partial charge in [0.05, 0.1) is 5.41 Å². The molecule has 0 fully saturated rings. The number of anilines is 3. The Morgan fingerprint density at radius 1 is 0.391 bits per heavy atom. The first-order chi connectivity index (χ1) is 31.1. The third-order valence-electron chi connectivity index (χ3n) is 14.3. The first kappa shape index (κ1) is 38.3. The highest BCUT2D eigenvalue weighted by Gasteiger charge is 2.46. The van der Waals surface area contributed by atoms with Crippen LogP contribution in [0.5, 0.6) is 0 Å². The summed E-state index contributed by atoms with van der Waals surface area (Å²) in [5.74, 6) is 0. The summed E-state index contributed by atoms with van der Waals surface area (Å²) in [5, 5.41) is 2.27. The summed E-state index contributed by atoms with van der Waals surface area (Å²) in [5.41, 5.74) is 21.0. The quantitative estimate of drug-likeness (QED) is 0.166. The molecule has 1 aromatic heterocycles. The van der Waals surface area contributed by atoms with Crippen molar-refractivity contribution in [2.45, 2.75) is 50.9 Å². The van der Waals surface area contributed by atoms with Crippen LogP contribution in [0.3, 0.4) is 0 Å². The Morgan fingerprint density at radius 3 is 1.69 bits per heavy atom. The number of nitrogens with zero attached hydrogens (tertiary/aromatic N) is 1. The Bertz CT molecular complexity index is 3400. The molecule has 308 valence electrons. The molecular formula is C62H49NO. The van der Waals surface area contributed by atoms with E-state index in [1.807, 2.05) is 0 Å². The molecule has 0 bridgehead atoms. The van der Waals surface area contributed by atoms with Crippen molar-refractivity contribution < 1.29 is 4.42 Å². The first-order valence-electron chi connectivity index (χ1n) is 22.6. The summed E-state index contributed by atoms with van der Waals surface area (Å²) in [6.45, 7) is 11.5. The van der Waals surface area contributed by atoms with Crippen LogP contribution in [-0.4, -0.2) is 0 Å². The minimum absolute atomic E-state index is 0.0269. The van der Waals surface area contributed by atoms with Crippen molar-refractivity contribution >= 4 is 39.0 Å². The van der Waals surface area contributed by atoms with Crippen LogP contribution in [0.25, 0.3) is 55.3 Å². The van der Waals surface area contributed by atoms with E-state index in [2.05, 4.69) is 246 Å². The Hall–Kier alpha value is -7.42. The van der Waals surface area contributed by atoms with Crippen molar-refractivity contribution in [1.82, 2.24) is 0 Å². The summed E-state index contributed by atoms with van der Waals surface area (Å²) in [6.07, 6.45) is 0. The van der Waals surface area contributed by atoms with E-state index in [-0.39, 0.29) is 10.8 Å². The molecule has 0 amide bonds. The molecule has 2 nitrogen and oxygen atoms in total. The average Bonchev–Trinajstić information content (AvgIpc) is 3.92. The van der Waals surface area contributed by atoms with E-state index < -0.39 is 5.41 Å². The molecule has 0 N–H and O–H groups in total. The van der Waals surface area contributed by atoms with Crippen LogP contribution in [0.1, 0.15) is 73.6 Å². The van der Waals surface area contributed by atoms with Crippen LogP contribution in [0.15, 0.2) is 211 Å². The summed E-state index contributed by atoms with van der Waals surface area (Å²) in [6, 6.07) is 76.6. The predicted molar refractivity (Wildman–Crippen MR) is 267 cm³/mol. The Balaban J connectivity index is 1.11. The Kier molecular flexibility index (Phi) is 8.40. The van der Waals surface area contributed by atoms with Crippen molar-refractivity contribution in [2.75, 3.05) is 4.90 Å². The highest BCUT2D eigenvalue weighted by molar-refractivity contribution is 6.06. The molecule has 0 atom stereocenters. The zero-order valence-corrected chi connectivity index (χ0v) is 37.0. The van der Waals surface area contributed by atoms with Gasteiger partial charge in [-0.25, -0.2) is 0 Å². The van der Waals surface area contributed by atoms with Crippen molar-refractivity contribution in [1.29, 1.82) is 0 Å². The van der Waals surface area contributed by atoms with E-state index in [1.165, 1.54) is 72.3 Å². The van der Waals surface area contributed by atoms with Crippen LogP contribution in [0.2, 0.25) is 0 Å². The van der Waals surface area contributed by atoms with E-state index in [9.17, 15) is 0 Å². The first-order valence-corrected chi connectivity index (χ1v) is 22.6.